The summed E-state index contributed by atoms with van der Waals surface area (Å²) in [5.74, 6) is 0.838. The van der Waals surface area contributed by atoms with Gasteiger partial charge in [0.15, 0.2) is 0 Å². The highest BCUT2D eigenvalue weighted by Crippen LogP contribution is 2.47. The largest absolute Gasteiger partial charge is 0.360 e. The topological polar surface area (TPSA) is 12.5 Å². The minimum absolute atomic E-state index is 0.225. The normalized spacial score (nSPS) is 27.0. The molecular formula is C19H26BrNO. The molecule has 1 aromatic carbocycles. The monoisotopic (exact) mass is 363 g/mol. The lowest BCUT2D eigenvalue weighted by molar-refractivity contribution is -0.165. The summed E-state index contributed by atoms with van der Waals surface area (Å²) in [6.07, 6.45) is 10.7. The lowest BCUT2D eigenvalue weighted by Crippen LogP contribution is -2.49. The third kappa shape index (κ3) is 3.13. The van der Waals surface area contributed by atoms with E-state index in [0.717, 1.165) is 12.6 Å². The maximum Gasteiger partial charge on any atom is 0.100 e. The molecule has 1 saturated heterocycles. The van der Waals surface area contributed by atoms with Crippen LogP contribution in [0, 0.1) is 5.92 Å². The fourth-order valence-electron chi connectivity index (χ4n) is 4.37. The van der Waals surface area contributed by atoms with Crippen molar-refractivity contribution in [2.45, 2.75) is 63.0 Å². The molecule has 0 amide bonds. The number of hydrogen-bond donors (Lipinski definition) is 0. The van der Waals surface area contributed by atoms with Crippen molar-refractivity contribution in [2.24, 2.45) is 5.92 Å². The van der Waals surface area contributed by atoms with E-state index in [1.165, 1.54) is 67.9 Å². The molecular weight excluding hydrogens is 338 g/mol. The fourth-order valence-corrected chi connectivity index (χ4v) is 4.63. The number of halogens is 1. The highest BCUT2D eigenvalue weighted by atomic mass is 79.9. The van der Waals surface area contributed by atoms with Crippen LogP contribution in [0.25, 0.3) is 0 Å². The maximum atomic E-state index is 6.44. The van der Waals surface area contributed by atoms with Crippen LogP contribution in [0.5, 0.6) is 0 Å². The third-order valence-electron chi connectivity index (χ3n) is 5.83. The summed E-state index contributed by atoms with van der Waals surface area (Å²) in [5, 5.41) is 0. The molecule has 2 saturated carbocycles. The summed E-state index contributed by atoms with van der Waals surface area (Å²) in [6, 6.07) is 9.50. The summed E-state index contributed by atoms with van der Waals surface area (Å²) in [7, 11) is 0. The van der Waals surface area contributed by atoms with E-state index in [1.54, 1.807) is 0 Å². The van der Waals surface area contributed by atoms with Crippen molar-refractivity contribution in [3.8, 4) is 0 Å². The fraction of sp³-hybridized carbons (Fsp3) is 0.684. The Morgan fingerprint density at radius 3 is 2.36 bits per heavy atom. The smallest absolute Gasteiger partial charge is 0.100 e. The Kier molecular flexibility index (Phi) is 4.31. The SMILES string of the molecule is Brc1ccc([C@H](C2CC2)N2CCC3(CCCCC3)OC2)cc1. The highest BCUT2D eigenvalue weighted by molar-refractivity contribution is 9.10. The molecule has 0 bridgehead atoms. The second-order valence-corrected chi connectivity index (χ2v) is 8.33. The van der Waals surface area contributed by atoms with Crippen molar-refractivity contribution < 1.29 is 4.74 Å². The van der Waals surface area contributed by atoms with Gasteiger partial charge in [-0.1, -0.05) is 47.3 Å². The van der Waals surface area contributed by atoms with Gasteiger partial charge in [0.2, 0.25) is 0 Å². The minimum atomic E-state index is 0.225. The number of benzene rings is 1. The van der Waals surface area contributed by atoms with E-state index in [1.807, 2.05) is 0 Å². The van der Waals surface area contributed by atoms with Gasteiger partial charge < -0.3 is 4.74 Å². The van der Waals surface area contributed by atoms with E-state index in [-0.39, 0.29) is 5.60 Å². The second-order valence-electron chi connectivity index (χ2n) is 7.41. The van der Waals surface area contributed by atoms with Crippen LogP contribution < -0.4 is 0 Å². The summed E-state index contributed by atoms with van der Waals surface area (Å²) in [4.78, 5) is 2.60. The summed E-state index contributed by atoms with van der Waals surface area (Å²) < 4.78 is 7.61. The van der Waals surface area contributed by atoms with Gasteiger partial charge in [-0.3, -0.25) is 4.90 Å². The molecule has 1 spiro atoms. The lowest BCUT2D eigenvalue weighted by Gasteiger charge is -2.46. The van der Waals surface area contributed by atoms with Crippen molar-refractivity contribution in [1.82, 2.24) is 4.90 Å². The predicted molar refractivity (Wildman–Crippen MR) is 92.7 cm³/mol. The van der Waals surface area contributed by atoms with Crippen LogP contribution in [-0.2, 0) is 4.74 Å². The van der Waals surface area contributed by atoms with E-state index in [4.69, 9.17) is 4.74 Å². The average molecular weight is 364 g/mol. The van der Waals surface area contributed by atoms with Crippen LogP contribution in [0.4, 0.5) is 0 Å². The predicted octanol–water partition coefficient (Wildman–Crippen LogP) is 5.28. The molecule has 3 heteroatoms. The number of rotatable bonds is 3. The molecule has 1 aliphatic heterocycles. The van der Waals surface area contributed by atoms with Crippen molar-refractivity contribution in [3.63, 3.8) is 0 Å². The third-order valence-corrected chi connectivity index (χ3v) is 6.36. The van der Waals surface area contributed by atoms with Gasteiger partial charge in [-0.15, -0.1) is 0 Å². The standard InChI is InChI=1S/C19H26BrNO/c20-17-8-6-16(7-9-17)18(15-4-5-15)21-13-12-19(22-14-21)10-2-1-3-11-19/h6-9,15,18H,1-5,10-14H2/t18-/m0/s1. The van der Waals surface area contributed by atoms with Crippen LogP contribution >= 0.6 is 15.9 Å². The number of ether oxygens (including phenoxy) is 1. The first-order valence-corrected chi connectivity index (χ1v) is 9.69. The minimum Gasteiger partial charge on any atom is -0.360 e. The molecule has 1 atom stereocenters. The van der Waals surface area contributed by atoms with E-state index in [9.17, 15) is 0 Å². The molecule has 0 unspecified atom stereocenters. The Morgan fingerprint density at radius 2 is 1.77 bits per heavy atom. The number of nitrogens with zero attached hydrogens (tertiary/aromatic N) is 1. The first-order chi connectivity index (χ1) is 10.8. The zero-order valence-corrected chi connectivity index (χ0v) is 14.9. The average Bonchev–Trinajstić information content (AvgIpc) is 3.37. The van der Waals surface area contributed by atoms with Gasteiger partial charge in [0.05, 0.1) is 5.60 Å². The van der Waals surface area contributed by atoms with Crippen molar-refractivity contribution in [3.05, 3.63) is 34.3 Å². The van der Waals surface area contributed by atoms with Crippen molar-refractivity contribution >= 4 is 15.9 Å². The second kappa shape index (κ2) is 6.26. The van der Waals surface area contributed by atoms with Crippen molar-refractivity contribution in [1.29, 1.82) is 0 Å². The molecule has 0 aromatic heterocycles. The van der Waals surface area contributed by atoms with Crippen LogP contribution in [0.15, 0.2) is 28.7 Å². The first-order valence-electron chi connectivity index (χ1n) is 8.89. The zero-order chi connectivity index (χ0) is 15.0. The highest BCUT2D eigenvalue weighted by Gasteiger charge is 2.42. The van der Waals surface area contributed by atoms with E-state index >= 15 is 0 Å². The zero-order valence-electron chi connectivity index (χ0n) is 13.3. The quantitative estimate of drug-likeness (QED) is 0.723. The van der Waals surface area contributed by atoms with Gasteiger partial charge in [-0.25, -0.2) is 0 Å². The molecule has 3 aliphatic rings. The molecule has 1 heterocycles. The Hall–Kier alpha value is -0.380. The van der Waals surface area contributed by atoms with Gasteiger partial charge >= 0.3 is 0 Å². The van der Waals surface area contributed by atoms with Crippen LogP contribution in [0.1, 0.15) is 63.0 Å². The summed E-state index contributed by atoms with van der Waals surface area (Å²) in [6.45, 7) is 2.04. The molecule has 1 aromatic rings. The molecule has 22 heavy (non-hydrogen) atoms. The Labute approximate surface area is 142 Å². The Bertz CT molecular complexity index is 495. The molecule has 2 aliphatic carbocycles. The van der Waals surface area contributed by atoms with Crippen LogP contribution in [0.2, 0.25) is 0 Å². The first kappa shape index (κ1) is 15.2. The van der Waals surface area contributed by atoms with Gasteiger partial charge in [0, 0.05) is 17.1 Å². The van der Waals surface area contributed by atoms with E-state index < -0.39 is 0 Å². The Balaban J connectivity index is 1.47. The molecule has 4 rings (SSSR count). The van der Waals surface area contributed by atoms with Crippen LogP contribution in [0.3, 0.4) is 0 Å². The molecule has 0 radical (unpaired) electrons. The van der Waals surface area contributed by atoms with Gasteiger partial charge in [-0.2, -0.15) is 0 Å². The van der Waals surface area contributed by atoms with Crippen LogP contribution in [-0.4, -0.2) is 23.8 Å². The molecule has 0 N–H and O–H groups in total. The van der Waals surface area contributed by atoms with Gasteiger partial charge in [-0.05, 0) is 55.7 Å². The Morgan fingerprint density at radius 1 is 1.05 bits per heavy atom. The van der Waals surface area contributed by atoms with E-state index in [2.05, 4.69) is 45.1 Å². The molecule has 3 fully saturated rings. The van der Waals surface area contributed by atoms with Crippen molar-refractivity contribution in [2.75, 3.05) is 13.3 Å². The van der Waals surface area contributed by atoms with Gasteiger partial charge in [0.25, 0.3) is 0 Å². The van der Waals surface area contributed by atoms with Gasteiger partial charge in [0.1, 0.15) is 6.73 Å². The maximum absolute atomic E-state index is 6.44. The van der Waals surface area contributed by atoms with E-state index in [0.29, 0.717) is 6.04 Å². The lowest BCUT2D eigenvalue weighted by atomic mass is 9.81. The summed E-state index contributed by atoms with van der Waals surface area (Å²) in [5.41, 5.74) is 1.69. The molecule has 120 valence electrons. The summed E-state index contributed by atoms with van der Waals surface area (Å²) >= 11 is 3.55. The number of hydrogen-bond acceptors (Lipinski definition) is 2. The molecule has 2 nitrogen and oxygen atoms in total.